The van der Waals surface area contributed by atoms with Crippen molar-refractivity contribution in [1.82, 2.24) is 0 Å². The number of nitrogens with zero attached hydrogens (tertiary/aromatic N) is 1. The first-order chi connectivity index (χ1) is 9.71. The molecule has 2 aliphatic rings. The standard InChI is InChI=1S/C15H20BNO4/c1-14(2)15(3,4)21-16(20-14)13-9-12(13)10-6-5-7-11(8-10)17(18)19/h5-8,12-13H,9H2,1-4H3/t12-,13+/m1/s1. The van der Waals surface area contributed by atoms with Crippen molar-refractivity contribution in [3.63, 3.8) is 0 Å². The van der Waals surface area contributed by atoms with E-state index < -0.39 is 0 Å². The Balaban J connectivity index is 1.73. The third-order valence-corrected chi connectivity index (χ3v) is 4.97. The molecule has 1 saturated heterocycles. The van der Waals surface area contributed by atoms with Gasteiger partial charge in [-0.05, 0) is 45.6 Å². The summed E-state index contributed by atoms with van der Waals surface area (Å²) in [6.45, 7) is 8.16. The minimum absolute atomic E-state index is 0.145. The summed E-state index contributed by atoms with van der Waals surface area (Å²) < 4.78 is 12.1. The third kappa shape index (κ3) is 2.47. The van der Waals surface area contributed by atoms with E-state index in [0.717, 1.165) is 12.0 Å². The fourth-order valence-corrected chi connectivity index (χ4v) is 2.83. The number of hydrogen-bond donors (Lipinski definition) is 0. The van der Waals surface area contributed by atoms with Gasteiger partial charge in [-0.1, -0.05) is 12.1 Å². The second-order valence-electron chi connectivity index (χ2n) is 6.98. The van der Waals surface area contributed by atoms with E-state index in [1.165, 1.54) is 6.07 Å². The van der Waals surface area contributed by atoms with Gasteiger partial charge in [0.1, 0.15) is 0 Å². The summed E-state index contributed by atoms with van der Waals surface area (Å²) in [7, 11) is -0.223. The number of benzene rings is 1. The Morgan fingerprint density at radius 3 is 2.43 bits per heavy atom. The van der Waals surface area contributed by atoms with Crippen LogP contribution in [0.3, 0.4) is 0 Å². The van der Waals surface area contributed by atoms with Gasteiger partial charge in [0.15, 0.2) is 0 Å². The molecule has 0 unspecified atom stereocenters. The molecule has 0 radical (unpaired) electrons. The molecule has 1 aromatic carbocycles. The van der Waals surface area contributed by atoms with E-state index >= 15 is 0 Å². The zero-order valence-electron chi connectivity index (χ0n) is 12.8. The molecule has 0 amide bonds. The molecule has 0 spiro atoms. The minimum Gasteiger partial charge on any atom is -0.403 e. The maximum absolute atomic E-state index is 10.9. The van der Waals surface area contributed by atoms with E-state index in [1.54, 1.807) is 12.1 Å². The van der Waals surface area contributed by atoms with Crippen LogP contribution in [0.5, 0.6) is 0 Å². The zero-order valence-corrected chi connectivity index (χ0v) is 12.8. The van der Waals surface area contributed by atoms with Gasteiger partial charge in [0, 0.05) is 17.9 Å². The van der Waals surface area contributed by atoms with Crippen LogP contribution in [0.15, 0.2) is 24.3 Å². The van der Waals surface area contributed by atoms with Gasteiger partial charge in [-0.3, -0.25) is 10.1 Å². The Kier molecular flexibility index (Phi) is 3.15. The first kappa shape index (κ1) is 14.5. The highest BCUT2D eigenvalue weighted by Crippen LogP contribution is 2.58. The highest BCUT2D eigenvalue weighted by atomic mass is 16.7. The molecule has 6 heteroatoms. The summed E-state index contributed by atoms with van der Waals surface area (Å²) in [6.07, 6.45) is 0.956. The smallest absolute Gasteiger partial charge is 0.403 e. The number of non-ortho nitro benzene ring substituents is 1. The van der Waals surface area contributed by atoms with E-state index in [-0.39, 0.29) is 34.7 Å². The Bertz CT molecular complexity index is 571. The molecular formula is C15H20BNO4. The van der Waals surface area contributed by atoms with Gasteiger partial charge < -0.3 is 9.31 Å². The lowest BCUT2D eigenvalue weighted by molar-refractivity contribution is -0.384. The molecule has 3 rings (SSSR count). The highest BCUT2D eigenvalue weighted by molar-refractivity contribution is 6.49. The van der Waals surface area contributed by atoms with Crippen LogP contribution in [0.2, 0.25) is 5.82 Å². The lowest BCUT2D eigenvalue weighted by Gasteiger charge is -2.32. The zero-order chi connectivity index (χ0) is 15.4. The van der Waals surface area contributed by atoms with Crippen molar-refractivity contribution >= 4 is 12.8 Å². The fourth-order valence-electron chi connectivity index (χ4n) is 2.83. The molecule has 2 atom stereocenters. The minimum atomic E-state index is -0.352. The summed E-state index contributed by atoms with van der Waals surface area (Å²) in [5.74, 6) is 0.577. The van der Waals surface area contributed by atoms with Gasteiger partial charge in [-0.25, -0.2) is 0 Å². The summed E-state index contributed by atoms with van der Waals surface area (Å²) >= 11 is 0. The van der Waals surface area contributed by atoms with Gasteiger partial charge in [-0.15, -0.1) is 0 Å². The van der Waals surface area contributed by atoms with Crippen LogP contribution >= 0.6 is 0 Å². The first-order valence-corrected chi connectivity index (χ1v) is 7.31. The van der Waals surface area contributed by atoms with E-state index in [2.05, 4.69) is 0 Å². The van der Waals surface area contributed by atoms with Crippen LogP contribution in [0.1, 0.15) is 45.6 Å². The second kappa shape index (κ2) is 4.55. The average molecular weight is 289 g/mol. The molecule has 2 fully saturated rings. The van der Waals surface area contributed by atoms with Crippen molar-refractivity contribution < 1.29 is 14.2 Å². The molecule has 1 heterocycles. The van der Waals surface area contributed by atoms with Crippen LogP contribution in [0.4, 0.5) is 5.69 Å². The summed E-state index contributed by atoms with van der Waals surface area (Å²) in [5, 5.41) is 10.9. The quantitative estimate of drug-likeness (QED) is 0.485. The van der Waals surface area contributed by atoms with Crippen molar-refractivity contribution in [3.8, 4) is 0 Å². The van der Waals surface area contributed by atoms with Crippen LogP contribution in [0, 0.1) is 10.1 Å². The van der Waals surface area contributed by atoms with Crippen LogP contribution in [0.25, 0.3) is 0 Å². The summed E-state index contributed by atoms with van der Waals surface area (Å²) in [6, 6.07) is 6.88. The van der Waals surface area contributed by atoms with Crippen molar-refractivity contribution in [2.24, 2.45) is 0 Å². The van der Waals surface area contributed by atoms with Gasteiger partial charge in [0.05, 0.1) is 16.1 Å². The average Bonchev–Trinajstić information content (AvgIpc) is 3.13. The van der Waals surface area contributed by atoms with Crippen molar-refractivity contribution in [1.29, 1.82) is 0 Å². The van der Waals surface area contributed by atoms with E-state index in [4.69, 9.17) is 9.31 Å². The number of nitro benzene ring substituents is 1. The molecule has 1 aliphatic heterocycles. The molecule has 1 saturated carbocycles. The van der Waals surface area contributed by atoms with Crippen LogP contribution in [-0.4, -0.2) is 23.2 Å². The van der Waals surface area contributed by atoms with Crippen molar-refractivity contribution in [3.05, 3.63) is 39.9 Å². The molecule has 0 aromatic heterocycles. The molecule has 21 heavy (non-hydrogen) atoms. The predicted molar refractivity (Wildman–Crippen MR) is 80.3 cm³/mol. The van der Waals surface area contributed by atoms with Gasteiger partial charge in [0.25, 0.3) is 5.69 Å². The Morgan fingerprint density at radius 1 is 1.24 bits per heavy atom. The molecule has 1 aliphatic carbocycles. The highest BCUT2D eigenvalue weighted by Gasteiger charge is 2.59. The largest absolute Gasteiger partial charge is 0.461 e. The summed E-state index contributed by atoms with van der Waals surface area (Å²) in [4.78, 5) is 10.5. The molecular weight excluding hydrogens is 269 g/mol. The van der Waals surface area contributed by atoms with E-state index in [1.807, 2.05) is 33.8 Å². The maximum Gasteiger partial charge on any atom is 0.461 e. The normalized spacial score (nSPS) is 29.4. The Labute approximate surface area is 124 Å². The Hall–Kier alpha value is -1.40. The summed E-state index contributed by atoms with van der Waals surface area (Å²) in [5.41, 5.74) is 0.497. The monoisotopic (exact) mass is 289 g/mol. The number of hydrogen-bond acceptors (Lipinski definition) is 4. The molecule has 0 bridgehead atoms. The van der Waals surface area contributed by atoms with Gasteiger partial charge >= 0.3 is 7.12 Å². The third-order valence-electron chi connectivity index (χ3n) is 4.97. The lowest BCUT2D eigenvalue weighted by atomic mass is 9.79. The Morgan fingerprint density at radius 2 is 1.86 bits per heavy atom. The topological polar surface area (TPSA) is 61.6 Å². The second-order valence-corrected chi connectivity index (χ2v) is 6.98. The van der Waals surface area contributed by atoms with Gasteiger partial charge in [0.2, 0.25) is 0 Å². The van der Waals surface area contributed by atoms with Crippen molar-refractivity contribution in [2.75, 3.05) is 0 Å². The first-order valence-electron chi connectivity index (χ1n) is 7.31. The molecule has 0 N–H and O–H groups in total. The van der Waals surface area contributed by atoms with E-state index in [0.29, 0.717) is 5.92 Å². The van der Waals surface area contributed by atoms with Crippen LogP contribution in [-0.2, 0) is 9.31 Å². The lowest BCUT2D eigenvalue weighted by Crippen LogP contribution is -2.41. The SMILES string of the molecule is CC1(C)OB([C@H]2C[C@@H]2c2cccc([N+](=O)[O-])c2)OC1(C)C. The maximum atomic E-state index is 10.9. The van der Waals surface area contributed by atoms with Gasteiger partial charge in [-0.2, -0.15) is 0 Å². The van der Waals surface area contributed by atoms with Crippen molar-refractivity contribution in [2.45, 2.75) is 57.1 Å². The number of nitro groups is 1. The molecule has 5 nitrogen and oxygen atoms in total. The molecule has 1 aromatic rings. The van der Waals surface area contributed by atoms with Crippen LogP contribution < -0.4 is 0 Å². The molecule has 112 valence electrons. The predicted octanol–water partition coefficient (Wildman–Crippen LogP) is 3.54. The fraction of sp³-hybridized carbons (Fsp3) is 0.600. The number of rotatable bonds is 3. The van der Waals surface area contributed by atoms with E-state index in [9.17, 15) is 10.1 Å².